The quantitative estimate of drug-likeness (QED) is 0.689. The Kier molecular flexibility index (Phi) is 6.71. The predicted molar refractivity (Wildman–Crippen MR) is 119 cm³/mol. The number of methoxy groups -OCH3 is 2. The minimum absolute atomic E-state index is 0.332. The molecule has 0 bridgehead atoms. The average molecular weight is 455 g/mol. The van der Waals surface area contributed by atoms with Gasteiger partial charge in [-0.1, -0.05) is 42.0 Å². The highest BCUT2D eigenvalue weighted by Crippen LogP contribution is 2.58. The molecule has 0 unspecified atom stereocenters. The van der Waals surface area contributed by atoms with E-state index in [4.69, 9.17) is 14.7 Å². The first-order valence-corrected chi connectivity index (χ1v) is 10.3. The summed E-state index contributed by atoms with van der Waals surface area (Å²) in [7, 11) is 2.21. The molecule has 1 aliphatic rings. The highest BCUT2D eigenvalue weighted by Gasteiger charge is 2.61. The van der Waals surface area contributed by atoms with E-state index in [0.29, 0.717) is 16.7 Å². The lowest BCUT2D eigenvalue weighted by Crippen LogP contribution is -2.47. The van der Waals surface area contributed by atoms with Crippen molar-refractivity contribution in [1.82, 2.24) is 0 Å². The van der Waals surface area contributed by atoms with Crippen molar-refractivity contribution < 1.29 is 24.2 Å². The molecule has 0 saturated carbocycles. The van der Waals surface area contributed by atoms with E-state index in [1.807, 2.05) is 13.0 Å². The van der Waals surface area contributed by atoms with Gasteiger partial charge in [-0.25, -0.2) is 4.79 Å². The molecule has 8 nitrogen and oxygen atoms in total. The van der Waals surface area contributed by atoms with Gasteiger partial charge in [-0.15, -0.1) is 0 Å². The lowest BCUT2D eigenvalue weighted by atomic mass is 9.54. The van der Waals surface area contributed by atoms with E-state index in [1.54, 1.807) is 24.3 Å². The molecule has 0 aliphatic heterocycles. The summed E-state index contributed by atoms with van der Waals surface area (Å²) < 4.78 is 9.79. The summed E-state index contributed by atoms with van der Waals surface area (Å²) in [5.41, 5.74) is -0.359. The van der Waals surface area contributed by atoms with Crippen LogP contribution in [0.5, 0.6) is 0 Å². The molecule has 0 radical (unpaired) electrons. The smallest absolute Gasteiger partial charge is 0.337 e. The summed E-state index contributed by atoms with van der Waals surface area (Å²) in [5.74, 6) is -6.51. The molecule has 2 aromatic carbocycles. The Morgan fingerprint density at radius 2 is 1.47 bits per heavy atom. The highest BCUT2D eigenvalue weighted by atomic mass is 16.5. The van der Waals surface area contributed by atoms with Crippen LogP contribution in [0.3, 0.4) is 0 Å². The highest BCUT2D eigenvalue weighted by molar-refractivity contribution is 5.94. The average Bonchev–Trinajstić information content (AvgIpc) is 2.87. The van der Waals surface area contributed by atoms with E-state index in [1.165, 1.54) is 24.3 Å². The minimum Gasteiger partial charge on any atom is -0.511 e. The molecule has 3 rings (SSSR count). The van der Waals surface area contributed by atoms with Gasteiger partial charge < -0.3 is 14.6 Å². The number of nitrogens with zero attached hydrogens (tertiary/aromatic N) is 3. The second-order valence-corrected chi connectivity index (χ2v) is 7.94. The van der Waals surface area contributed by atoms with E-state index in [-0.39, 0.29) is 5.57 Å². The number of ether oxygens (including phenoxy) is 2. The van der Waals surface area contributed by atoms with Crippen LogP contribution in [0.25, 0.3) is 0 Å². The number of aliphatic hydroxyl groups excluding tert-OH is 1. The third-order valence-electron chi connectivity index (χ3n) is 6.18. The van der Waals surface area contributed by atoms with Gasteiger partial charge in [-0.3, -0.25) is 4.79 Å². The Hall–Kier alpha value is -4.61. The fraction of sp³-hybridized carbons (Fsp3) is 0.269. The zero-order valence-electron chi connectivity index (χ0n) is 18.8. The largest absolute Gasteiger partial charge is 0.511 e. The fourth-order valence-corrected chi connectivity index (χ4v) is 4.55. The maximum absolute atomic E-state index is 12.9. The normalized spacial score (nSPS) is 20.9. The summed E-state index contributed by atoms with van der Waals surface area (Å²) in [6.45, 7) is 1.86. The monoisotopic (exact) mass is 455 g/mol. The number of aliphatic hydroxyl groups is 1. The molecule has 0 heterocycles. The van der Waals surface area contributed by atoms with Crippen LogP contribution < -0.4 is 0 Å². The van der Waals surface area contributed by atoms with Gasteiger partial charge in [0, 0.05) is 5.92 Å². The molecule has 0 aromatic heterocycles. The first-order chi connectivity index (χ1) is 16.3. The summed E-state index contributed by atoms with van der Waals surface area (Å²) >= 11 is 0. The van der Waals surface area contributed by atoms with Crippen LogP contribution in [0.2, 0.25) is 0 Å². The molecule has 1 N–H and O–H groups in total. The zero-order valence-corrected chi connectivity index (χ0v) is 18.8. The Morgan fingerprint density at radius 3 is 1.94 bits per heavy atom. The molecule has 0 saturated heterocycles. The number of nitriles is 3. The summed E-state index contributed by atoms with van der Waals surface area (Å²) in [6, 6.07) is 18.9. The van der Waals surface area contributed by atoms with E-state index in [0.717, 1.165) is 19.8 Å². The lowest BCUT2D eigenvalue weighted by Gasteiger charge is -2.44. The molecule has 0 amide bonds. The van der Waals surface area contributed by atoms with Gasteiger partial charge in [0.05, 0.1) is 49.5 Å². The molecule has 170 valence electrons. The lowest BCUT2D eigenvalue weighted by molar-refractivity contribution is -0.147. The SMILES string of the molecule is COC(=O)C1=C(O)[C@@H](C(=O)OC)[C@H](c2ccc(C#N)cc2)C(C#N)(C#N)[C@H]1c1ccc(C)cc1. The number of carbonyl (C=O) groups is 2. The number of benzene rings is 2. The fourth-order valence-electron chi connectivity index (χ4n) is 4.55. The number of hydrogen-bond acceptors (Lipinski definition) is 8. The summed E-state index contributed by atoms with van der Waals surface area (Å²) in [4.78, 5) is 25.8. The Balaban J connectivity index is 2.46. The number of carbonyl (C=O) groups excluding carboxylic acids is 2. The number of rotatable bonds is 4. The molecule has 2 aromatic rings. The number of esters is 2. The molecule has 34 heavy (non-hydrogen) atoms. The summed E-state index contributed by atoms with van der Waals surface area (Å²) in [5, 5.41) is 41.4. The summed E-state index contributed by atoms with van der Waals surface area (Å²) in [6.07, 6.45) is 0. The topological polar surface area (TPSA) is 144 Å². The molecular weight excluding hydrogens is 434 g/mol. The van der Waals surface area contributed by atoms with Gasteiger partial charge in [0.2, 0.25) is 0 Å². The van der Waals surface area contributed by atoms with Crippen LogP contribution in [-0.4, -0.2) is 31.3 Å². The van der Waals surface area contributed by atoms with Crippen molar-refractivity contribution >= 4 is 11.9 Å². The molecule has 8 heteroatoms. The minimum atomic E-state index is -2.02. The maximum Gasteiger partial charge on any atom is 0.337 e. The molecule has 3 atom stereocenters. The van der Waals surface area contributed by atoms with Crippen molar-refractivity contribution in [2.45, 2.75) is 18.8 Å². The second-order valence-electron chi connectivity index (χ2n) is 7.94. The molecule has 0 spiro atoms. The van der Waals surface area contributed by atoms with Gasteiger partial charge >= 0.3 is 11.9 Å². The van der Waals surface area contributed by atoms with Gasteiger partial charge in [0.25, 0.3) is 0 Å². The van der Waals surface area contributed by atoms with Gasteiger partial charge in [0.15, 0.2) is 5.41 Å². The maximum atomic E-state index is 12.9. The van der Waals surface area contributed by atoms with E-state index in [2.05, 4.69) is 12.1 Å². The van der Waals surface area contributed by atoms with Crippen molar-refractivity contribution in [3.05, 3.63) is 82.1 Å². The van der Waals surface area contributed by atoms with E-state index < -0.39 is 40.9 Å². The van der Waals surface area contributed by atoms with Crippen LogP contribution in [0.1, 0.15) is 34.1 Å². The van der Waals surface area contributed by atoms with Crippen molar-refractivity contribution in [3.8, 4) is 18.2 Å². The second kappa shape index (κ2) is 9.48. The van der Waals surface area contributed by atoms with Gasteiger partial charge in [-0.2, -0.15) is 15.8 Å². The number of hydrogen-bond donors (Lipinski definition) is 1. The predicted octanol–water partition coefficient (Wildman–Crippen LogP) is 3.56. The van der Waals surface area contributed by atoms with Crippen molar-refractivity contribution in [3.63, 3.8) is 0 Å². The van der Waals surface area contributed by atoms with Crippen LogP contribution in [0.15, 0.2) is 59.9 Å². The van der Waals surface area contributed by atoms with Gasteiger partial charge in [0.1, 0.15) is 11.7 Å². The van der Waals surface area contributed by atoms with Crippen molar-refractivity contribution in [2.24, 2.45) is 11.3 Å². The van der Waals surface area contributed by atoms with Crippen molar-refractivity contribution in [1.29, 1.82) is 15.8 Å². The molecule has 1 aliphatic carbocycles. The Morgan fingerprint density at radius 1 is 0.912 bits per heavy atom. The van der Waals surface area contributed by atoms with E-state index >= 15 is 0 Å². The number of aryl methyl sites for hydroxylation is 1. The van der Waals surface area contributed by atoms with Crippen LogP contribution in [0.4, 0.5) is 0 Å². The van der Waals surface area contributed by atoms with E-state index in [9.17, 15) is 25.2 Å². The first kappa shape index (κ1) is 24.0. The van der Waals surface area contributed by atoms with Crippen molar-refractivity contribution in [2.75, 3.05) is 14.2 Å². The van der Waals surface area contributed by atoms with Gasteiger partial charge in [-0.05, 0) is 30.2 Å². The Bertz CT molecular complexity index is 1260. The zero-order chi connectivity index (χ0) is 25.0. The third kappa shape index (κ3) is 3.74. The molecule has 0 fully saturated rings. The standard InChI is InChI=1S/C26H21N3O5/c1-15-4-8-17(9-5-15)21-19(24(31)33-2)23(30)20(25(32)34-3)22(26(21,13-28)14-29)18-10-6-16(12-27)7-11-18/h4-11,20-22,30H,1-3H3/t20-,21-,22-/m0/s1. The first-order valence-electron chi connectivity index (χ1n) is 10.3. The Labute approximate surface area is 196 Å². The third-order valence-corrected chi connectivity index (χ3v) is 6.18. The molecular formula is C26H21N3O5. The van der Waals surface area contributed by atoms with Crippen LogP contribution in [0, 0.1) is 52.2 Å². The van der Waals surface area contributed by atoms with Crippen LogP contribution in [-0.2, 0) is 19.1 Å². The van der Waals surface area contributed by atoms with Crippen LogP contribution >= 0.6 is 0 Å².